The van der Waals surface area contributed by atoms with E-state index in [4.69, 9.17) is 5.84 Å². The summed E-state index contributed by atoms with van der Waals surface area (Å²) in [5, 5.41) is 9.45. The normalized spacial score (nSPS) is 9.94. The van der Waals surface area contributed by atoms with Gasteiger partial charge in [0.25, 0.3) is 5.91 Å². The number of hydrazine groups is 1. The number of nitrogens with two attached hydrogens (primary N) is 1. The van der Waals surface area contributed by atoms with Gasteiger partial charge < -0.3 is 5.32 Å². The van der Waals surface area contributed by atoms with Crippen LogP contribution < -0.4 is 16.6 Å². The van der Waals surface area contributed by atoms with E-state index in [-0.39, 0.29) is 0 Å². The highest BCUT2D eigenvalue weighted by molar-refractivity contribution is 5.97. The Morgan fingerprint density at radius 3 is 2.88 bits per heavy atom. The van der Waals surface area contributed by atoms with Gasteiger partial charge in [0.05, 0.1) is 11.9 Å². The molecule has 1 amide bonds. The highest BCUT2D eigenvalue weighted by atomic mass is 16.2. The van der Waals surface area contributed by atoms with Crippen LogP contribution in [-0.2, 0) is 6.54 Å². The Balaban J connectivity index is 2.05. The molecule has 2 rings (SSSR count). The summed E-state index contributed by atoms with van der Waals surface area (Å²) in [7, 11) is 0. The molecule has 2 aromatic rings. The molecule has 5 N–H and O–H groups in total. The van der Waals surface area contributed by atoms with Crippen molar-refractivity contribution in [3.8, 4) is 0 Å². The average Bonchev–Trinajstić information content (AvgIpc) is 2.85. The molecule has 0 radical (unpaired) electrons. The fourth-order valence-electron chi connectivity index (χ4n) is 1.36. The summed E-state index contributed by atoms with van der Waals surface area (Å²) in [6, 6.07) is 3.77. The average molecular weight is 232 g/mol. The fourth-order valence-corrected chi connectivity index (χ4v) is 1.36. The molecule has 0 fully saturated rings. The summed E-state index contributed by atoms with van der Waals surface area (Å²) >= 11 is 0. The van der Waals surface area contributed by atoms with E-state index in [9.17, 15) is 4.79 Å². The lowest BCUT2D eigenvalue weighted by Gasteiger charge is -2.05. The second-order valence-electron chi connectivity index (χ2n) is 3.34. The summed E-state index contributed by atoms with van der Waals surface area (Å²) in [5.41, 5.74) is 4.01. The molecule has 0 saturated carbocycles. The molecule has 88 valence electrons. The Bertz CT molecular complexity index is 495. The highest BCUT2D eigenvalue weighted by Crippen LogP contribution is 2.12. The molecular weight excluding hydrogens is 220 g/mol. The molecule has 2 heterocycles. The highest BCUT2D eigenvalue weighted by Gasteiger charge is 2.11. The number of nitrogens with one attached hydrogen (secondary N) is 3. The smallest absolute Gasteiger partial charge is 0.285 e. The van der Waals surface area contributed by atoms with Crippen molar-refractivity contribution in [1.82, 2.24) is 20.6 Å². The van der Waals surface area contributed by atoms with Gasteiger partial charge in [-0.1, -0.05) is 0 Å². The number of aromatic nitrogens is 3. The van der Waals surface area contributed by atoms with Gasteiger partial charge >= 0.3 is 0 Å². The van der Waals surface area contributed by atoms with Crippen molar-refractivity contribution < 1.29 is 4.79 Å². The van der Waals surface area contributed by atoms with Gasteiger partial charge in [0.2, 0.25) is 0 Å². The maximum atomic E-state index is 11.3. The van der Waals surface area contributed by atoms with Crippen LogP contribution in [0, 0.1) is 0 Å². The van der Waals surface area contributed by atoms with Gasteiger partial charge in [-0.3, -0.25) is 20.3 Å². The summed E-state index contributed by atoms with van der Waals surface area (Å²) in [6.07, 6.45) is 4.95. The van der Waals surface area contributed by atoms with Crippen molar-refractivity contribution in [2.24, 2.45) is 5.84 Å². The number of pyridine rings is 1. The molecule has 0 unspecified atom stereocenters. The van der Waals surface area contributed by atoms with Crippen LogP contribution >= 0.6 is 0 Å². The van der Waals surface area contributed by atoms with Crippen molar-refractivity contribution in [1.29, 1.82) is 0 Å². The maximum absolute atomic E-state index is 11.3. The largest absolute Gasteiger partial charge is 0.378 e. The third kappa shape index (κ3) is 2.58. The first-order valence-corrected chi connectivity index (χ1v) is 4.98. The molecule has 17 heavy (non-hydrogen) atoms. The Labute approximate surface area is 97.4 Å². The minimum Gasteiger partial charge on any atom is -0.378 e. The van der Waals surface area contributed by atoms with E-state index in [1.807, 2.05) is 17.6 Å². The molecule has 2 aromatic heterocycles. The number of aromatic amines is 1. The lowest BCUT2D eigenvalue weighted by Crippen LogP contribution is -2.30. The van der Waals surface area contributed by atoms with E-state index in [1.165, 1.54) is 6.20 Å². The predicted molar refractivity (Wildman–Crippen MR) is 61.8 cm³/mol. The van der Waals surface area contributed by atoms with E-state index < -0.39 is 5.91 Å². The van der Waals surface area contributed by atoms with Crippen molar-refractivity contribution in [2.75, 3.05) is 5.32 Å². The van der Waals surface area contributed by atoms with Crippen molar-refractivity contribution in [3.63, 3.8) is 0 Å². The number of carbonyl (C=O) groups is 1. The lowest BCUT2D eigenvalue weighted by molar-refractivity contribution is 0.0949. The zero-order valence-corrected chi connectivity index (χ0v) is 8.97. The quantitative estimate of drug-likeness (QED) is 0.337. The van der Waals surface area contributed by atoms with Gasteiger partial charge in [-0.05, 0) is 17.7 Å². The number of H-pyrrole nitrogens is 1. The van der Waals surface area contributed by atoms with Crippen LogP contribution in [0.2, 0.25) is 0 Å². The summed E-state index contributed by atoms with van der Waals surface area (Å²) < 4.78 is 0. The Kier molecular flexibility index (Phi) is 3.31. The number of anilines is 1. The molecule has 7 heteroatoms. The van der Waals surface area contributed by atoms with Gasteiger partial charge in [-0.2, -0.15) is 5.10 Å². The number of hydrogen-bond donors (Lipinski definition) is 4. The molecule has 0 aliphatic heterocycles. The van der Waals surface area contributed by atoms with E-state index in [0.29, 0.717) is 17.9 Å². The van der Waals surface area contributed by atoms with Crippen LogP contribution in [0.25, 0.3) is 0 Å². The van der Waals surface area contributed by atoms with Gasteiger partial charge in [-0.25, -0.2) is 5.84 Å². The van der Waals surface area contributed by atoms with Crippen LogP contribution in [-0.4, -0.2) is 21.1 Å². The summed E-state index contributed by atoms with van der Waals surface area (Å²) in [6.45, 7) is 0.576. The molecule has 0 saturated heterocycles. The molecule has 0 bridgehead atoms. The minimum absolute atomic E-state index is 0.307. The Morgan fingerprint density at radius 2 is 2.18 bits per heavy atom. The molecule has 0 aromatic carbocycles. The lowest BCUT2D eigenvalue weighted by atomic mass is 10.2. The zero-order valence-electron chi connectivity index (χ0n) is 8.97. The number of nitrogens with zero attached hydrogens (tertiary/aromatic N) is 2. The van der Waals surface area contributed by atoms with Gasteiger partial charge in [0.15, 0.2) is 0 Å². The van der Waals surface area contributed by atoms with Crippen LogP contribution in [0.5, 0.6) is 0 Å². The molecule has 7 nitrogen and oxygen atoms in total. The third-order valence-electron chi connectivity index (χ3n) is 2.23. The summed E-state index contributed by atoms with van der Waals surface area (Å²) in [5.74, 6) is 4.64. The van der Waals surface area contributed by atoms with E-state index in [2.05, 4.69) is 20.5 Å². The maximum Gasteiger partial charge on any atom is 0.285 e. The SMILES string of the molecule is NNC(=O)c1[nH]ncc1NCc1ccncc1. The molecule has 0 atom stereocenters. The second-order valence-corrected chi connectivity index (χ2v) is 3.34. The summed E-state index contributed by atoms with van der Waals surface area (Å²) in [4.78, 5) is 15.3. The molecule has 0 aliphatic carbocycles. The monoisotopic (exact) mass is 232 g/mol. The first kappa shape index (κ1) is 11.1. The van der Waals surface area contributed by atoms with E-state index in [1.54, 1.807) is 12.4 Å². The first-order chi connectivity index (χ1) is 8.31. The first-order valence-electron chi connectivity index (χ1n) is 4.98. The number of hydrogen-bond acceptors (Lipinski definition) is 5. The topological polar surface area (TPSA) is 109 Å². The second kappa shape index (κ2) is 5.08. The number of amides is 1. The predicted octanol–water partition coefficient (Wildman–Crippen LogP) is 0.0203. The Morgan fingerprint density at radius 1 is 1.41 bits per heavy atom. The van der Waals surface area contributed by atoms with Gasteiger partial charge in [0, 0.05) is 18.9 Å². The number of carbonyl (C=O) groups excluding carboxylic acids is 1. The van der Waals surface area contributed by atoms with E-state index >= 15 is 0 Å². The standard InChI is InChI=1S/C10H12N6O/c11-15-10(17)9-8(6-14-16-9)13-5-7-1-3-12-4-2-7/h1-4,6,13H,5,11H2,(H,14,16)(H,15,17). The number of nitrogen functional groups attached to an aromatic ring is 1. The van der Waals surface area contributed by atoms with Crippen molar-refractivity contribution >= 4 is 11.6 Å². The fraction of sp³-hybridized carbons (Fsp3) is 0.100. The molecule has 0 aliphatic rings. The molecule has 0 spiro atoms. The van der Waals surface area contributed by atoms with Crippen LogP contribution in [0.1, 0.15) is 16.1 Å². The van der Waals surface area contributed by atoms with Crippen LogP contribution in [0.4, 0.5) is 5.69 Å². The number of rotatable bonds is 4. The van der Waals surface area contributed by atoms with Gasteiger partial charge in [0.1, 0.15) is 5.69 Å². The van der Waals surface area contributed by atoms with E-state index in [0.717, 1.165) is 5.56 Å². The van der Waals surface area contributed by atoms with Crippen molar-refractivity contribution in [3.05, 3.63) is 42.0 Å². The Hall–Kier alpha value is -2.41. The van der Waals surface area contributed by atoms with Crippen molar-refractivity contribution in [2.45, 2.75) is 6.54 Å². The zero-order chi connectivity index (χ0) is 12.1. The minimum atomic E-state index is -0.417. The van der Waals surface area contributed by atoms with Crippen LogP contribution in [0.15, 0.2) is 30.7 Å². The van der Waals surface area contributed by atoms with Gasteiger partial charge in [-0.15, -0.1) is 0 Å². The molecular formula is C10H12N6O. The third-order valence-corrected chi connectivity index (χ3v) is 2.23. The van der Waals surface area contributed by atoms with Crippen LogP contribution in [0.3, 0.4) is 0 Å².